The number of aryl methyl sites for hydroxylation is 1. The number of sulfonamides is 1. The van der Waals surface area contributed by atoms with Crippen molar-refractivity contribution in [2.75, 3.05) is 0 Å². The van der Waals surface area contributed by atoms with Gasteiger partial charge in [0, 0.05) is 11.1 Å². The van der Waals surface area contributed by atoms with Crippen LogP contribution in [-0.4, -0.2) is 14.7 Å². The fourth-order valence-electron chi connectivity index (χ4n) is 3.28. The van der Waals surface area contributed by atoms with E-state index in [4.69, 9.17) is 4.74 Å². The molecule has 1 heterocycles. The molecule has 0 fully saturated rings. The van der Waals surface area contributed by atoms with Gasteiger partial charge in [0.05, 0.1) is 16.5 Å². The van der Waals surface area contributed by atoms with E-state index in [1.54, 1.807) is 48.5 Å². The molecule has 5 nitrogen and oxygen atoms in total. The lowest BCUT2D eigenvalue weighted by Crippen LogP contribution is -2.33. The zero-order valence-corrected chi connectivity index (χ0v) is 16.5. The predicted octanol–water partition coefficient (Wildman–Crippen LogP) is 4.02. The van der Waals surface area contributed by atoms with Gasteiger partial charge in [-0.15, -0.1) is 0 Å². The first-order valence-electron chi connectivity index (χ1n) is 9.10. The number of aldehydes is 1. The number of carbonyl (C=O) groups is 1. The Morgan fingerprint density at radius 1 is 0.897 bits per heavy atom. The molecule has 146 valence electrons. The maximum absolute atomic E-state index is 13.0. The number of rotatable bonds is 5. The van der Waals surface area contributed by atoms with E-state index in [9.17, 15) is 13.2 Å². The topological polar surface area (TPSA) is 72.5 Å². The van der Waals surface area contributed by atoms with Crippen LogP contribution in [0.1, 0.15) is 22.7 Å². The minimum absolute atomic E-state index is 0.138. The Labute approximate surface area is 169 Å². The second-order valence-corrected chi connectivity index (χ2v) is 8.49. The first kappa shape index (κ1) is 19.1. The number of hydrogen-bond donors (Lipinski definition) is 1. The van der Waals surface area contributed by atoms with Crippen molar-refractivity contribution in [1.29, 1.82) is 0 Å². The van der Waals surface area contributed by atoms with Crippen LogP contribution in [0, 0.1) is 6.92 Å². The van der Waals surface area contributed by atoms with Crippen molar-refractivity contribution >= 4 is 22.1 Å². The van der Waals surface area contributed by atoms with Crippen molar-refractivity contribution in [3.05, 3.63) is 101 Å². The summed E-state index contributed by atoms with van der Waals surface area (Å²) in [6, 6.07) is 22.0. The lowest BCUT2D eigenvalue weighted by atomic mass is 9.94. The zero-order valence-electron chi connectivity index (χ0n) is 15.7. The largest absolute Gasteiger partial charge is 0.456 e. The Morgan fingerprint density at radius 3 is 2.24 bits per heavy atom. The predicted molar refractivity (Wildman–Crippen MR) is 111 cm³/mol. The Balaban J connectivity index is 1.83. The fraction of sp³-hybridized carbons (Fsp3) is 0.0870. The Morgan fingerprint density at radius 2 is 1.55 bits per heavy atom. The monoisotopic (exact) mass is 405 g/mol. The van der Waals surface area contributed by atoms with Crippen molar-refractivity contribution in [3.63, 3.8) is 0 Å². The third kappa shape index (κ3) is 3.72. The van der Waals surface area contributed by atoms with Crippen molar-refractivity contribution < 1.29 is 17.9 Å². The van der Waals surface area contributed by atoms with Gasteiger partial charge in [0.2, 0.25) is 10.0 Å². The van der Waals surface area contributed by atoms with Gasteiger partial charge in [-0.1, -0.05) is 66.2 Å². The van der Waals surface area contributed by atoms with Crippen LogP contribution >= 0.6 is 0 Å². The molecule has 0 amide bonds. The van der Waals surface area contributed by atoms with Gasteiger partial charge in [-0.2, -0.15) is 4.72 Å². The minimum atomic E-state index is -3.87. The summed E-state index contributed by atoms with van der Waals surface area (Å²) >= 11 is 0. The maximum atomic E-state index is 13.0. The van der Waals surface area contributed by atoms with Gasteiger partial charge in [-0.05, 0) is 25.1 Å². The quantitative estimate of drug-likeness (QED) is 0.651. The number of ether oxygens (including phenoxy) is 1. The summed E-state index contributed by atoms with van der Waals surface area (Å²) in [6.07, 6.45) is 0.653. The van der Waals surface area contributed by atoms with Crippen molar-refractivity contribution in [2.24, 2.45) is 0 Å². The lowest BCUT2D eigenvalue weighted by Gasteiger charge is -2.29. The summed E-state index contributed by atoms with van der Waals surface area (Å²) in [6.45, 7) is 1.89. The molecule has 1 N–H and O–H groups in total. The van der Waals surface area contributed by atoms with E-state index < -0.39 is 16.1 Å². The lowest BCUT2D eigenvalue weighted by molar-refractivity contribution is -0.105. The molecule has 3 aromatic rings. The molecule has 0 aromatic heterocycles. The van der Waals surface area contributed by atoms with Crippen LogP contribution < -0.4 is 9.46 Å². The Bertz CT molecular complexity index is 1180. The van der Waals surface area contributed by atoms with E-state index in [2.05, 4.69) is 4.72 Å². The molecular weight excluding hydrogens is 386 g/mol. The van der Waals surface area contributed by atoms with Gasteiger partial charge in [-0.3, -0.25) is 4.79 Å². The van der Waals surface area contributed by atoms with Crippen molar-refractivity contribution in [1.82, 2.24) is 4.72 Å². The van der Waals surface area contributed by atoms with Gasteiger partial charge < -0.3 is 4.74 Å². The highest BCUT2D eigenvalue weighted by molar-refractivity contribution is 7.89. The molecule has 0 saturated heterocycles. The number of para-hydroxylation sites is 1. The molecule has 1 aliphatic heterocycles. The molecule has 0 radical (unpaired) electrons. The first-order chi connectivity index (χ1) is 14.0. The summed E-state index contributed by atoms with van der Waals surface area (Å²) in [5, 5.41) is 0. The van der Waals surface area contributed by atoms with Crippen LogP contribution in [0.4, 0.5) is 0 Å². The third-order valence-corrected chi connectivity index (χ3v) is 6.22. The van der Waals surface area contributed by atoms with Crippen LogP contribution in [0.2, 0.25) is 0 Å². The van der Waals surface area contributed by atoms with Gasteiger partial charge >= 0.3 is 0 Å². The maximum Gasteiger partial charge on any atom is 0.241 e. The molecule has 0 saturated carbocycles. The molecule has 0 bridgehead atoms. The highest BCUT2D eigenvalue weighted by Gasteiger charge is 2.33. The molecule has 1 aliphatic rings. The molecule has 29 heavy (non-hydrogen) atoms. The Hall–Kier alpha value is -3.22. The summed E-state index contributed by atoms with van der Waals surface area (Å²) < 4.78 is 34.8. The van der Waals surface area contributed by atoms with Crippen LogP contribution in [0.15, 0.2) is 89.3 Å². The van der Waals surface area contributed by atoms with E-state index >= 15 is 0 Å². The van der Waals surface area contributed by atoms with Gasteiger partial charge in [-0.25, -0.2) is 8.42 Å². The molecule has 4 rings (SSSR count). The highest BCUT2D eigenvalue weighted by atomic mass is 32.2. The number of benzene rings is 3. The average molecular weight is 405 g/mol. The normalized spacial score (nSPS) is 16.1. The van der Waals surface area contributed by atoms with E-state index in [1.807, 2.05) is 37.3 Å². The summed E-state index contributed by atoms with van der Waals surface area (Å²) in [5.74, 6) is 0.851. The molecule has 0 spiro atoms. The number of carbonyl (C=O) groups excluding carboxylic acids is 1. The van der Waals surface area contributed by atoms with E-state index in [0.717, 1.165) is 5.56 Å². The molecule has 3 aromatic carbocycles. The smallest absolute Gasteiger partial charge is 0.241 e. The second kappa shape index (κ2) is 7.66. The highest BCUT2D eigenvalue weighted by Crippen LogP contribution is 2.40. The van der Waals surface area contributed by atoms with Crippen LogP contribution in [0.25, 0.3) is 5.76 Å². The fourth-order valence-corrected chi connectivity index (χ4v) is 4.48. The number of hydrogen-bond acceptors (Lipinski definition) is 4. The van der Waals surface area contributed by atoms with Crippen LogP contribution in [0.3, 0.4) is 0 Å². The standard InChI is InChI=1S/C23H19NO4S/c1-16-11-13-18(14-12-16)29(26,27)24-22-19-9-5-6-10-21(19)28-23(20(22)15-25)17-7-3-2-4-8-17/h2-15,22,24H,1H3/t22-/m0/s1. The van der Waals surface area contributed by atoms with Crippen LogP contribution in [0.5, 0.6) is 5.75 Å². The molecule has 6 heteroatoms. The molecule has 1 atom stereocenters. The van der Waals surface area contributed by atoms with E-state index in [1.165, 1.54) is 0 Å². The van der Waals surface area contributed by atoms with Crippen molar-refractivity contribution in [2.45, 2.75) is 17.9 Å². The number of nitrogens with one attached hydrogen (secondary N) is 1. The van der Waals surface area contributed by atoms with Gasteiger partial charge in [0.1, 0.15) is 11.5 Å². The zero-order chi connectivity index (χ0) is 20.4. The summed E-state index contributed by atoms with van der Waals surface area (Å²) in [4.78, 5) is 12.2. The first-order valence-corrected chi connectivity index (χ1v) is 10.6. The Kier molecular flexibility index (Phi) is 5.05. The van der Waals surface area contributed by atoms with Gasteiger partial charge in [0.15, 0.2) is 6.29 Å². The van der Waals surface area contributed by atoms with E-state index in [-0.39, 0.29) is 10.5 Å². The van der Waals surface area contributed by atoms with Crippen LogP contribution in [-0.2, 0) is 14.8 Å². The molecule has 0 aliphatic carbocycles. The number of fused-ring (bicyclic) bond motifs is 1. The summed E-state index contributed by atoms with van der Waals surface area (Å²) in [5.41, 5.74) is 2.47. The van der Waals surface area contributed by atoms with E-state index in [0.29, 0.717) is 28.9 Å². The van der Waals surface area contributed by atoms with Crippen molar-refractivity contribution in [3.8, 4) is 5.75 Å². The molecule has 0 unspecified atom stereocenters. The van der Waals surface area contributed by atoms with Gasteiger partial charge in [0.25, 0.3) is 0 Å². The average Bonchev–Trinajstić information content (AvgIpc) is 2.74. The minimum Gasteiger partial charge on any atom is -0.456 e. The summed E-state index contributed by atoms with van der Waals surface area (Å²) in [7, 11) is -3.87. The molecular formula is C23H19NO4S. The SMILES string of the molecule is Cc1ccc(S(=O)(=O)N[C@@H]2C(C=O)=C(c3ccccc3)Oc3ccccc32)cc1. The second-order valence-electron chi connectivity index (χ2n) is 6.78. The third-order valence-electron chi connectivity index (χ3n) is 4.78.